The second kappa shape index (κ2) is 11.7. The number of carbonyl (C=O) groups is 1. The first-order valence-electron chi connectivity index (χ1n) is 13.0. The number of alkyl halides is 6. The highest BCUT2D eigenvalue weighted by Crippen LogP contribution is 2.39. The van der Waals surface area contributed by atoms with Crippen LogP contribution in [0.4, 0.5) is 35.5 Å². The van der Waals surface area contributed by atoms with Gasteiger partial charge in [-0.05, 0) is 66.4 Å². The quantitative estimate of drug-likeness (QED) is 0.287. The number of hydrogen-bond donors (Lipinski definition) is 0. The van der Waals surface area contributed by atoms with Crippen molar-refractivity contribution in [1.82, 2.24) is 14.7 Å². The van der Waals surface area contributed by atoms with E-state index in [9.17, 15) is 35.5 Å². The van der Waals surface area contributed by atoms with Gasteiger partial charge in [0, 0.05) is 33.2 Å². The van der Waals surface area contributed by atoms with Gasteiger partial charge in [0.1, 0.15) is 5.82 Å². The van der Waals surface area contributed by atoms with Crippen LogP contribution in [-0.2, 0) is 18.9 Å². The summed E-state index contributed by atoms with van der Waals surface area (Å²) in [5, 5.41) is 0. The Morgan fingerprint density at radius 3 is 2.10 bits per heavy atom. The van der Waals surface area contributed by atoms with Crippen molar-refractivity contribution in [3.63, 3.8) is 0 Å². The van der Waals surface area contributed by atoms with Crippen LogP contribution in [0.5, 0.6) is 0 Å². The summed E-state index contributed by atoms with van der Waals surface area (Å²) in [6, 6.07) is 13.1. The molecule has 0 N–H and O–H groups in total. The Hall–Kier alpha value is -3.60. The Morgan fingerprint density at radius 1 is 0.927 bits per heavy atom. The first-order chi connectivity index (χ1) is 19.1. The summed E-state index contributed by atoms with van der Waals surface area (Å²) in [6.07, 6.45) is -10.0. The van der Waals surface area contributed by atoms with Crippen LogP contribution in [0.15, 0.2) is 66.7 Å². The van der Waals surface area contributed by atoms with Crippen molar-refractivity contribution in [2.24, 2.45) is 0 Å². The third kappa shape index (κ3) is 7.01. The van der Waals surface area contributed by atoms with E-state index in [1.165, 1.54) is 26.1 Å². The lowest BCUT2D eigenvalue weighted by atomic mass is 9.97. The molecule has 0 aromatic heterocycles. The predicted octanol–water partition coefficient (Wildman–Crippen LogP) is 7.84. The number of urea groups is 1. The van der Waals surface area contributed by atoms with Gasteiger partial charge in [-0.2, -0.15) is 26.3 Å². The molecule has 1 aliphatic rings. The number of halogens is 7. The summed E-state index contributed by atoms with van der Waals surface area (Å²) in [5.41, 5.74) is -0.777. The molecular weight excluding hydrogens is 551 g/mol. The van der Waals surface area contributed by atoms with Crippen molar-refractivity contribution >= 4 is 6.03 Å². The fourth-order valence-corrected chi connectivity index (χ4v) is 5.14. The Bertz CT molecular complexity index is 1340. The van der Waals surface area contributed by atoms with Gasteiger partial charge < -0.3 is 9.80 Å². The van der Waals surface area contributed by atoms with E-state index in [0.29, 0.717) is 42.9 Å². The standard InChI is InChI=1S/C30H30F7N3O/c1-19-13-25(31)9-10-26(19)27-18-39(17-21-7-5-4-6-8-21)11-12-40(27)28(41)38(3)20(2)22-14-23(29(32,33)34)16-24(15-22)30(35,36)37/h4-10,13-16,20,27H,11-12,17-18H2,1-3H3/t20-,27-/m1/s1. The Morgan fingerprint density at radius 2 is 1.54 bits per heavy atom. The number of aryl methyl sites for hydroxylation is 1. The van der Waals surface area contributed by atoms with Crippen molar-refractivity contribution in [3.05, 3.63) is 106 Å². The Kier molecular flexibility index (Phi) is 8.67. The highest BCUT2D eigenvalue weighted by atomic mass is 19.4. The van der Waals surface area contributed by atoms with Gasteiger partial charge in [-0.25, -0.2) is 9.18 Å². The molecule has 0 unspecified atom stereocenters. The number of benzene rings is 3. The predicted molar refractivity (Wildman–Crippen MR) is 140 cm³/mol. The number of piperazine rings is 1. The van der Waals surface area contributed by atoms with E-state index in [2.05, 4.69) is 4.90 Å². The molecule has 3 aromatic carbocycles. The number of hydrogen-bond acceptors (Lipinski definition) is 2. The number of nitrogens with zero attached hydrogens (tertiary/aromatic N) is 3. The Labute approximate surface area is 234 Å². The lowest BCUT2D eigenvalue weighted by Crippen LogP contribution is -2.53. The van der Waals surface area contributed by atoms with Crippen LogP contribution in [0.25, 0.3) is 0 Å². The maximum absolute atomic E-state index is 13.9. The molecule has 220 valence electrons. The summed E-state index contributed by atoms with van der Waals surface area (Å²) in [4.78, 5) is 18.7. The zero-order valence-electron chi connectivity index (χ0n) is 22.7. The maximum Gasteiger partial charge on any atom is 0.416 e. The number of carbonyl (C=O) groups excluding carboxylic acids is 1. The minimum absolute atomic E-state index is 0.0668. The first kappa shape index (κ1) is 30.4. The molecule has 4 rings (SSSR count). The molecule has 0 spiro atoms. The molecule has 2 amide bonds. The van der Waals surface area contributed by atoms with Gasteiger partial charge in [0.25, 0.3) is 0 Å². The van der Waals surface area contributed by atoms with E-state index < -0.39 is 47.4 Å². The third-order valence-electron chi connectivity index (χ3n) is 7.53. The van der Waals surface area contributed by atoms with Crippen LogP contribution in [0.2, 0.25) is 0 Å². The average Bonchev–Trinajstić information content (AvgIpc) is 2.91. The topological polar surface area (TPSA) is 26.8 Å². The smallest absolute Gasteiger partial charge is 0.321 e. The van der Waals surface area contributed by atoms with Crippen LogP contribution < -0.4 is 0 Å². The average molecular weight is 582 g/mol. The Balaban J connectivity index is 1.65. The van der Waals surface area contributed by atoms with Crippen molar-refractivity contribution in [2.45, 2.75) is 44.8 Å². The van der Waals surface area contributed by atoms with Gasteiger partial charge >= 0.3 is 18.4 Å². The monoisotopic (exact) mass is 581 g/mol. The normalized spacial score (nSPS) is 17.4. The molecule has 41 heavy (non-hydrogen) atoms. The molecule has 1 aliphatic heterocycles. The van der Waals surface area contributed by atoms with E-state index >= 15 is 0 Å². The lowest BCUT2D eigenvalue weighted by Gasteiger charge is -2.44. The van der Waals surface area contributed by atoms with Crippen LogP contribution >= 0.6 is 0 Å². The maximum atomic E-state index is 13.9. The minimum atomic E-state index is -5.00. The van der Waals surface area contributed by atoms with Crippen LogP contribution in [0.3, 0.4) is 0 Å². The van der Waals surface area contributed by atoms with Gasteiger partial charge in [0.05, 0.1) is 23.2 Å². The van der Waals surface area contributed by atoms with Gasteiger partial charge in [-0.3, -0.25) is 4.90 Å². The van der Waals surface area contributed by atoms with Gasteiger partial charge in [0.2, 0.25) is 0 Å². The van der Waals surface area contributed by atoms with Gasteiger partial charge in [0.15, 0.2) is 0 Å². The molecule has 0 radical (unpaired) electrons. The SMILES string of the molecule is Cc1cc(F)ccc1[C@H]1CN(Cc2ccccc2)CCN1C(=O)N(C)[C@H](C)c1cc(C(F)(F)F)cc(C(F)(F)F)c1. The second-order valence-electron chi connectivity index (χ2n) is 10.3. The van der Waals surface area contributed by atoms with Crippen molar-refractivity contribution in [2.75, 3.05) is 26.7 Å². The molecule has 0 bridgehead atoms. The highest BCUT2D eigenvalue weighted by Gasteiger charge is 2.39. The van der Waals surface area contributed by atoms with E-state index in [1.54, 1.807) is 17.9 Å². The van der Waals surface area contributed by atoms with E-state index in [-0.39, 0.29) is 18.2 Å². The van der Waals surface area contributed by atoms with Crippen LogP contribution in [0, 0.1) is 12.7 Å². The van der Waals surface area contributed by atoms with E-state index in [0.717, 1.165) is 10.5 Å². The van der Waals surface area contributed by atoms with E-state index in [1.807, 2.05) is 30.3 Å². The zero-order chi connectivity index (χ0) is 30.1. The summed E-state index contributed by atoms with van der Waals surface area (Å²) >= 11 is 0. The van der Waals surface area contributed by atoms with Gasteiger partial charge in [-0.15, -0.1) is 0 Å². The second-order valence-corrected chi connectivity index (χ2v) is 10.3. The molecule has 1 saturated heterocycles. The summed E-state index contributed by atoms with van der Waals surface area (Å²) < 4.78 is 94.7. The number of rotatable bonds is 5. The largest absolute Gasteiger partial charge is 0.416 e. The highest BCUT2D eigenvalue weighted by molar-refractivity contribution is 5.75. The van der Waals surface area contributed by atoms with E-state index in [4.69, 9.17) is 0 Å². The minimum Gasteiger partial charge on any atom is -0.321 e. The zero-order valence-corrected chi connectivity index (χ0v) is 22.7. The lowest BCUT2D eigenvalue weighted by molar-refractivity contribution is -0.143. The summed E-state index contributed by atoms with van der Waals surface area (Å²) in [5.74, 6) is -0.433. The third-order valence-corrected chi connectivity index (χ3v) is 7.53. The van der Waals surface area contributed by atoms with Gasteiger partial charge in [-0.1, -0.05) is 36.4 Å². The molecule has 1 fully saturated rings. The van der Waals surface area contributed by atoms with Crippen molar-refractivity contribution < 1.29 is 35.5 Å². The fourth-order valence-electron chi connectivity index (χ4n) is 5.14. The molecule has 0 aliphatic carbocycles. The molecule has 3 aromatic rings. The number of amides is 2. The van der Waals surface area contributed by atoms with Crippen molar-refractivity contribution in [1.29, 1.82) is 0 Å². The molecule has 0 saturated carbocycles. The molecule has 2 atom stereocenters. The van der Waals surface area contributed by atoms with Crippen LogP contribution in [0.1, 0.15) is 52.4 Å². The summed E-state index contributed by atoms with van der Waals surface area (Å²) in [6.45, 7) is 4.86. The molecular formula is C30H30F7N3O. The molecule has 1 heterocycles. The molecule has 4 nitrogen and oxygen atoms in total. The fraction of sp³-hybridized carbons (Fsp3) is 0.367. The van der Waals surface area contributed by atoms with Crippen molar-refractivity contribution in [3.8, 4) is 0 Å². The molecule has 11 heteroatoms. The summed E-state index contributed by atoms with van der Waals surface area (Å²) in [7, 11) is 1.35. The van der Waals surface area contributed by atoms with Crippen LogP contribution in [-0.4, -0.2) is 47.4 Å². The first-order valence-corrected chi connectivity index (χ1v) is 13.0.